The van der Waals surface area contributed by atoms with E-state index < -0.39 is 0 Å². The van der Waals surface area contributed by atoms with Crippen LogP contribution in [0.2, 0.25) is 0 Å². The van der Waals surface area contributed by atoms with E-state index in [1.807, 2.05) is 0 Å². The van der Waals surface area contributed by atoms with Gasteiger partial charge in [0.25, 0.3) is 5.91 Å². The number of carbonyl (C=O) groups excluding carboxylic acids is 2. The van der Waals surface area contributed by atoms with E-state index in [2.05, 4.69) is 0 Å². The van der Waals surface area contributed by atoms with E-state index in [1.54, 1.807) is 29.9 Å². The maximum absolute atomic E-state index is 10.7. The van der Waals surface area contributed by atoms with Crippen LogP contribution >= 0.6 is 22.9 Å². The first-order valence-electron chi connectivity index (χ1n) is 2.37. The highest BCUT2D eigenvalue weighted by Gasteiger charge is 2.31. The highest BCUT2D eigenvalue weighted by Crippen LogP contribution is 2.11. The predicted octanol–water partition coefficient (Wildman–Crippen LogP) is 0.230. The summed E-state index contributed by atoms with van der Waals surface area (Å²) in [5, 5.41) is 0. The van der Waals surface area contributed by atoms with Gasteiger partial charge in [0.05, 0.1) is 22.9 Å². The van der Waals surface area contributed by atoms with Crippen molar-refractivity contribution < 1.29 is 9.59 Å². The van der Waals surface area contributed by atoms with Crippen LogP contribution in [0.4, 0.5) is 4.79 Å². The van der Waals surface area contributed by atoms with Crippen molar-refractivity contribution in [3.63, 3.8) is 0 Å². The van der Waals surface area contributed by atoms with Crippen LogP contribution < -0.4 is 0 Å². The van der Waals surface area contributed by atoms with E-state index in [-0.39, 0.29) is 18.5 Å². The molecule has 5 heteroatoms. The Morgan fingerprint density at radius 1 is 1.56 bits per heavy atom. The summed E-state index contributed by atoms with van der Waals surface area (Å²) in [7, 11) is 1.60. The highest BCUT2D eigenvalue weighted by molar-refractivity contribution is 14.1. The molecular formula is C4H5IN2O2. The predicted molar refractivity (Wildman–Crippen MR) is 38.9 cm³/mol. The molecule has 0 aliphatic carbocycles. The summed E-state index contributed by atoms with van der Waals surface area (Å²) < 4.78 is 1.08. The van der Waals surface area contributed by atoms with E-state index in [1.165, 1.54) is 4.90 Å². The first kappa shape index (κ1) is 6.79. The molecule has 0 atom stereocenters. The first-order chi connectivity index (χ1) is 4.13. The van der Waals surface area contributed by atoms with Crippen molar-refractivity contribution in [3.8, 4) is 0 Å². The molecule has 0 radical (unpaired) electrons. The third kappa shape index (κ3) is 1.00. The van der Waals surface area contributed by atoms with Gasteiger partial charge in [0.1, 0.15) is 6.54 Å². The maximum atomic E-state index is 10.7. The van der Waals surface area contributed by atoms with Crippen molar-refractivity contribution in [1.82, 2.24) is 8.01 Å². The van der Waals surface area contributed by atoms with Gasteiger partial charge in [-0.05, 0) is 0 Å². The molecular weight excluding hydrogens is 235 g/mol. The third-order valence-corrected chi connectivity index (χ3v) is 2.04. The molecule has 1 rings (SSSR count). The van der Waals surface area contributed by atoms with Crippen molar-refractivity contribution in [2.75, 3.05) is 13.6 Å². The number of imide groups is 1. The van der Waals surface area contributed by atoms with Crippen LogP contribution in [-0.4, -0.2) is 33.5 Å². The summed E-state index contributed by atoms with van der Waals surface area (Å²) in [6.45, 7) is 0.210. The number of likely N-dealkylation sites (N-methyl/N-ethyl adjacent to an activating group) is 1. The average Bonchev–Trinajstić information content (AvgIpc) is 1.98. The van der Waals surface area contributed by atoms with Gasteiger partial charge in [0, 0.05) is 7.05 Å². The Morgan fingerprint density at radius 2 is 2.11 bits per heavy atom. The zero-order valence-corrected chi connectivity index (χ0v) is 6.95. The molecule has 0 spiro atoms. The lowest BCUT2D eigenvalue weighted by Gasteiger charge is -2.03. The minimum atomic E-state index is -0.236. The molecule has 1 aliphatic heterocycles. The Labute approximate surface area is 66.3 Å². The largest absolute Gasteiger partial charge is 0.336 e. The van der Waals surface area contributed by atoms with Crippen molar-refractivity contribution in [2.45, 2.75) is 0 Å². The second kappa shape index (κ2) is 2.13. The molecule has 0 saturated carbocycles. The molecule has 1 heterocycles. The quantitative estimate of drug-likeness (QED) is 0.345. The second-order valence-corrected chi connectivity index (χ2v) is 2.78. The van der Waals surface area contributed by atoms with Gasteiger partial charge in [-0.1, -0.05) is 0 Å². The third-order valence-electron chi connectivity index (χ3n) is 1.09. The number of amides is 3. The summed E-state index contributed by atoms with van der Waals surface area (Å²) >= 11 is 1.69. The van der Waals surface area contributed by atoms with Crippen LogP contribution in [0.25, 0.3) is 0 Å². The van der Waals surface area contributed by atoms with Gasteiger partial charge in [0.15, 0.2) is 0 Å². The van der Waals surface area contributed by atoms with Gasteiger partial charge >= 0.3 is 6.03 Å². The minimum absolute atomic E-state index is 0.150. The molecule has 0 aromatic rings. The zero-order chi connectivity index (χ0) is 7.02. The Hall–Kier alpha value is -0.330. The van der Waals surface area contributed by atoms with Crippen molar-refractivity contribution in [1.29, 1.82) is 0 Å². The Balaban J connectivity index is 2.77. The summed E-state index contributed by atoms with van der Waals surface area (Å²) in [5.74, 6) is -0.150. The molecule has 0 bridgehead atoms. The van der Waals surface area contributed by atoms with Crippen LogP contribution in [0.3, 0.4) is 0 Å². The number of halogens is 1. The smallest absolute Gasteiger partial charge is 0.317 e. The Bertz CT molecular complexity index is 170. The van der Waals surface area contributed by atoms with Gasteiger partial charge in [-0.15, -0.1) is 0 Å². The van der Waals surface area contributed by atoms with Crippen LogP contribution in [0.1, 0.15) is 0 Å². The van der Waals surface area contributed by atoms with Crippen molar-refractivity contribution in [2.24, 2.45) is 0 Å². The summed E-state index contributed by atoms with van der Waals surface area (Å²) in [6.07, 6.45) is 0. The van der Waals surface area contributed by atoms with Gasteiger partial charge in [-0.25, -0.2) is 7.91 Å². The standard InChI is InChI=1S/C4H5IN2O2/c1-6-2-3(8)7(5)4(6)9/h2H2,1H3. The SMILES string of the molecule is CN1CC(=O)N(I)C1=O. The molecule has 1 aliphatic rings. The number of hydrogen-bond donors (Lipinski definition) is 0. The maximum Gasteiger partial charge on any atom is 0.336 e. The lowest BCUT2D eigenvalue weighted by molar-refractivity contribution is -0.121. The van der Waals surface area contributed by atoms with E-state index in [0.29, 0.717) is 0 Å². The van der Waals surface area contributed by atoms with Crippen LogP contribution in [0, 0.1) is 0 Å². The van der Waals surface area contributed by atoms with Gasteiger partial charge in [0.2, 0.25) is 0 Å². The number of nitrogens with zero attached hydrogens (tertiary/aromatic N) is 2. The van der Waals surface area contributed by atoms with E-state index >= 15 is 0 Å². The zero-order valence-electron chi connectivity index (χ0n) is 4.80. The van der Waals surface area contributed by atoms with Gasteiger partial charge in [-0.2, -0.15) is 0 Å². The molecule has 9 heavy (non-hydrogen) atoms. The lowest BCUT2D eigenvalue weighted by Crippen LogP contribution is -2.22. The van der Waals surface area contributed by atoms with Gasteiger partial charge in [-0.3, -0.25) is 4.79 Å². The summed E-state index contributed by atoms with van der Waals surface area (Å²) in [5.41, 5.74) is 0. The van der Waals surface area contributed by atoms with Crippen molar-refractivity contribution >= 4 is 34.8 Å². The number of rotatable bonds is 0. The average molecular weight is 240 g/mol. The number of urea groups is 1. The fraction of sp³-hybridized carbons (Fsp3) is 0.500. The molecule has 0 aromatic carbocycles. The highest BCUT2D eigenvalue weighted by atomic mass is 127. The second-order valence-electron chi connectivity index (χ2n) is 1.81. The Morgan fingerprint density at radius 3 is 2.22 bits per heavy atom. The minimum Gasteiger partial charge on any atom is -0.317 e. The molecule has 0 unspecified atom stereocenters. The van der Waals surface area contributed by atoms with Crippen LogP contribution in [-0.2, 0) is 4.79 Å². The summed E-state index contributed by atoms with van der Waals surface area (Å²) in [4.78, 5) is 22.8. The number of hydrogen-bond acceptors (Lipinski definition) is 2. The number of carbonyl (C=O) groups is 2. The molecule has 4 nitrogen and oxygen atoms in total. The van der Waals surface area contributed by atoms with Crippen LogP contribution in [0.15, 0.2) is 0 Å². The fourth-order valence-corrected chi connectivity index (χ4v) is 1.11. The molecule has 1 saturated heterocycles. The topological polar surface area (TPSA) is 40.6 Å². The molecule has 3 amide bonds. The van der Waals surface area contributed by atoms with E-state index in [0.717, 1.165) is 3.11 Å². The summed E-state index contributed by atoms with van der Waals surface area (Å²) in [6, 6.07) is -0.236. The lowest BCUT2D eigenvalue weighted by atomic mass is 10.6. The van der Waals surface area contributed by atoms with Gasteiger partial charge < -0.3 is 4.90 Å². The van der Waals surface area contributed by atoms with Crippen molar-refractivity contribution in [3.05, 3.63) is 0 Å². The normalized spacial score (nSPS) is 19.8. The van der Waals surface area contributed by atoms with E-state index in [4.69, 9.17) is 0 Å². The fourth-order valence-electron chi connectivity index (χ4n) is 0.589. The molecule has 0 aromatic heterocycles. The van der Waals surface area contributed by atoms with Crippen LogP contribution in [0.5, 0.6) is 0 Å². The van der Waals surface area contributed by atoms with E-state index in [9.17, 15) is 9.59 Å². The molecule has 50 valence electrons. The molecule has 0 N–H and O–H groups in total. The molecule has 1 fully saturated rings. The first-order valence-corrected chi connectivity index (χ1v) is 3.33. The Kier molecular flexibility index (Phi) is 1.60. The monoisotopic (exact) mass is 240 g/mol.